The van der Waals surface area contributed by atoms with Crippen LogP contribution in [0.5, 0.6) is 0 Å². The number of nitrogens with one attached hydrogen (secondary N) is 8. The summed E-state index contributed by atoms with van der Waals surface area (Å²) in [5.41, 5.74) is 23.2. The standard InChI is InChI=1S/C14H23N13.3ClH/c1-6(24-26-12(17)18)8-3-9(7(2)25-27-13(19)20)5-10(4-8)22-14(21)23-11(15)16;;;/h3-5H,1-2H3,(H4,17,18,26)(H4,19,20,27)(H6,15,16,21,22,23);3*1H. The van der Waals surface area contributed by atoms with E-state index in [-0.39, 0.29) is 61.1 Å². The van der Waals surface area contributed by atoms with E-state index in [1.165, 1.54) is 0 Å². The normalized spacial score (nSPS) is 10.2. The van der Waals surface area contributed by atoms with Gasteiger partial charge in [-0.2, -0.15) is 10.2 Å². The van der Waals surface area contributed by atoms with E-state index in [1.54, 1.807) is 32.0 Å². The molecule has 0 bridgehead atoms. The van der Waals surface area contributed by atoms with Crippen molar-refractivity contribution in [3.8, 4) is 0 Å². The SMILES string of the molecule is CC(=NNC(=N)N)c1cc(NC(=N)NC(=N)N)cc(C(C)=NNC(=N)N)c1.Cl.Cl.Cl. The van der Waals surface area contributed by atoms with Crippen molar-refractivity contribution in [1.82, 2.24) is 16.2 Å². The number of nitrogens with zero attached hydrogens (tertiary/aromatic N) is 2. The number of hydrogen-bond acceptors (Lipinski definition) is 6. The van der Waals surface area contributed by atoms with Crippen LogP contribution in [0.15, 0.2) is 28.4 Å². The van der Waals surface area contributed by atoms with Gasteiger partial charge >= 0.3 is 0 Å². The van der Waals surface area contributed by atoms with Crippen LogP contribution in [0.4, 0.5) is 5.69 Å². The summed E-state index contributed by atoms with van der Waals surface area (Å²) >= 11 is 0. The zero-order chi connectivity index (χ0) is 20.6. The lowest BCUT2D eigenvalue weighted by Gasteiger charge is -2.13. The average Bonchev–Trinajstić information content (AvgIpc) is 2.56. The second-order valence-corrected chi connectivity index (χ2v) is 5.28. The molecule has 30 heavy (non-hydrogen) atoms. The molecule has 0 heterocycles. The number of nitrogens with two attached hydrogens (primary N) is 3. The van der Waals surface area contributed by atoms with Crippen molar-refractivity contribution >= 4 is 78.2 Å². The van der Waals surface area contributed by atoms with Crippen molar-refractivity contribution in [3.63, 3.8) is 0 Å². The summed E-state index contributed by atoms with van der Waals surface area (Å²) in [7, 11) is 0. The molecule has 0 amide bonds. The van der Waals surface area contributed by atoms with Crippen LogP contribution in [0.25, 0.3) is 0 Å². The quantitative estimate of drug-likeness (QED) is 0.158. The summed E-state index contributed by atoms with van der Waals surface area (Å²) in [6.45, 7) is 3.41. The fraction of sp³-hybridized carbons (Fsp3) is 0.143. The van der Waals surface area contributed by atoms with Gasteiger partial charge in [0.15, 0.2) is 11.9 Å². The molecule has 0 fully saturated rings. The van der Waals surface area contributed by atoms with Crippen LogP contribution in [-0.4, -0.2) is 35.3 Å². The van der Waals surface area contributed by atoms with Gasteiger partial charge in [0.2, 0.25) is 11.9 Å². The Morgan fingerprint density at radius 3 is 1.47 bits per heavy atom. The van der Waals surface area contributed by atoms with Gasteiger partial charge in [-0.3, -0.25) is 27.0 Å². The molecule has 0 unspecified atom stereocenters. The van der Waals surface area contributed by atoms with Crippen LogP contribution < -0.4 is 38.7 Å². The zero-order valence-electron chi connectivity index (χ0n) is 16.1. The molecule has 1 rings (SSSR count). The van der Waals surface area contributed by atoms with Gasteiger partial charge < -0.3 is 22.5 Å². The molecular formula is C14H26Cl3N13. The molecule has 0 radical (unpaired) electrons. The van der Waals surface area contributed by atoms with E-state index >= 15 is 0 Å². The highest BCUT2D eigenvalue weighted by atomic mass is 35.5. The maximum absolute atomic E-state index is 7.77. The number of guanidine groups is 4. The first-order chi connectivity index (χ1) is 12.6. The smallest absolute Gasteiger partial charge is 0.206 e. The molecule has 14 N–H and O–H groups in total. The Morgan fingerprint density at radius 2 is 1.13 bits per heavy atom. The predicted molar refractivity (Wildman–Crippen MR) is 129 cm³/mol. The van der Waals surface area contributed by atoms with Gasteiger partial charge in [-0.25, -0.2) is 10.9 Å². The first-order valence-electron chi connectivity index (χ1n) is 7.49. The average molecular weight is 483 g/mol. The third-order valence-electron chi connectivity index (χ3n) is 2.99. The van der Waals surface area contributed by atoms with Gasteiger partial charge in [0.25, 0.3) is 0 Å². The van der Waals surface area contributed by atoms with Crippen LogP contribution in [0.3, 0.4) is 0 Å². The molecular weight excluding hydrogens is 457 g/mol. The number of hydrazone groups is 2. The number of anilines is 1. The highest BCUT2D eigenvalue weighted by Crippen LogP contribution is 2.17. The van der Waals surface area contributed by atoms with Gasteiger partial charge in [-0.1, -0.05) is 0 Å². The molecule has 16 heteroatoms. The molecule has 1 aromatic carbocycles. The van der Waals surface area contributed by atoms with Gasteiger partial charge in [-0.05, 0) is 32.0 Å². The van der Waals surface area contributed by atoms with E-state index in [9.17, 15) is 0 Å². The Labute approximate surface area is 192 Å². The predicted octanol–water partition coefficient (Wildman–Crippen LogP) is 0.196. The number of rotatable bonds is 5. The van der Waals surface area contributed by atoms with Crippen molar-refractivity contribution in [1.29, 1.82) is 21.6 Å². The summed E-state index contributed by atoms with van der Waals surface area (Å²) in [5.74, 6) is -1.19. The second-order valence-electron chi connectivity index (χ2n) is 5.28. The van der Waals surface area contributed by atoms with E-state index in [4.69, 9.17) is 38.8 Å². The Kier molecular flexibility index (Phi) is 15.4. The van der Waals surface area contributed by atoms with Crippen molar-refractivity contribution in [2.24, 2.45) is 27.4 Å². The van der Waals surface area contributed by atoms with Gasteiger partial charge in [0.1, 0.15) is 0 Å². The molecule has 1 aromatic rings. The monoisotopic (exact) mass is 481 g/mol. The van der Waals surface area contributed by atoms with Crippen LogP contribution in [0.1, 0.15) is 25.0 Å². The molecule has 0 aliphatic rings. The van der Waals surface area contributed by atoms with Crippen LogP contribution >= 0.6 is 37.2 Å². The lowest BCUT2D eigenvalue weighted by Crippen LogP contribution is -2.39. The van der Waals surface area contributed by atoms with E-state index in [0.717, 1.165) is 0 Å². The van der Waals surface area contributed by atoms with Gasteiger partial charge in [0.05, 0.1) is 11.4 Å². The zero-order valence-corrected chi connectivity index (χ0v) is 18.5. The highest BCUT2D eigenvalue weighted by molar-refractivity contribution is 6.07. The summed E-state index contributed by atoms with van der Waals surface area (Å²) < 4.78 is 0. The maximum Gasteiger partial charge on any atom is 0.206 e. The number of halogens is 3. The van der Waals surface area contributed by atoms with Gasteiger partial charge in [-0.15, -0.1) is 37.2 Å². The molecule has 0 aliphatic carbocycles. The molecule has 0 aliphatic heterocycles. The molecule has 0 aromatic heterocycles. The minimum Gasteiger partial charge on any atom is -0.370 e. The first-order valence-corrected chi connectivity index (χ1v) is 7.49. The Morgan fingerprint density at radius 1 is 0.733 bits per heavy atom. The largest absolute Gasteiger partial charge is 0.370 e. The van der Waals surface area contributed by atoms with E-state index < -0.39 is 0 Å². The summed E-state index contributed by atoms with van der Waals surface area (Å²) in [6, 6.07) is 5.17. The fourth-order valence-corrected chi connectivity index (χ4v) is 1.85. The Balaban J connectivity index is -0.00000243. The maximum atomic E-state index is 7.77. The van der Waals surface area contributed by atoms with Crippen LogP contribution in [-0.2, 0) is 0 Å². The third kappa shape index (κ3) is 11.5. The Bertz CT molecular complexity index is 784. The summed E-state index contributed by atoms with van der Waals surface area (Å²) in [5, 5.41) is 42.4. The fourth-order valence-electron chi connectivity index (χ4n) is 1.85. The van der Waals surface area contributed by atoms with Crippen LogP contribution in [0.2, 0.25) is 0 Å². The first kappa shape index (κ1) is 31.4. The molecule has 0 saturated carbocycles. The van der Waals surface area contributed by atoms with Crippen LogP contribution in [0, 0.1) is 21.6 Å². The van der Waals surface area contributed by atoms with E-state index in [2.05, 4.69) is 31.7 Å². The molecule has 168 valence electrons. The summed E-state index contributed by atoms with van der Waals surface area (Å²) in [6.07, 6.45) is 0. The Hall–Kier alpha value is -3.29. The molecule has 0 saturated heterocycles. The lowest BCUT2D eigenvalue weighted by atomic mass is 10.0. The highest BCUT2D eigenvalue weighted by Gasteiger charge is 2.08. The minimum absolute atomic E-state index is 0. The van der Waals surface area contributed by atoms with Crippen molar-refractivity contribution in [2.45, 2.75) is 13.8 Å². The topological polar surface area (TPSA) is 246 Å². The molecule has 0 atom stereocenters. The number of benzene rings is 1. The molecule has 13 nitrogen and oxygen atoms in total. The van der Waals surface area contributed by atoms with Crippen molar-refractivity contribution in [2.75, 3.05) is 5.32 Å². The number of hydrogen-bond donors (Lipinski definition) is 11. The van der Waals surface area contributed by atoms with Crippen molar-refractivity contribution < 1.29 is 0 Å². The lowest BCUT2D eigenvalue weighted by molar-refractivity contribution is 0.990. The van der Waals surface area contributed by atoms with E-state index in [0.29, 0.717) is 28.2 Å². The molecule has 0 spiro atoms. The van der Waals surface area contributed by atoms with Gasteiger partial charge in [0, 0.05) is 16.8 Å². The third-order valence-corrected chi connectivity index (χ3v) is 2.99. The summed E-state index contributed by atoms with van der Waals surface area (Å²) in [4.78, 5) is 0. The van der Waals surface area contributed by atoms with Crippen molar-refractivity contribution in [3.05, 3.63) is 29.3 Å². The minimum atomic E-state index is -0.379. The van der Waals surface area contributed by atoms with E-state index in [1.807, 2.05) is 0 Å². The second kappa shape index (κ2) is 14.7.